The van der Waals surface area contributed by atoms with Crippen molar-refractivity contribution in [1.82, 2.24) is 0 Å². The molecule has 0 saturated carbocycles. The van der Waals surface area contributed by atoms with Gasteiger partial charge >= 0.3 is 16.4 Å². The molecular formula is C21H40O7S. The summed E-state index contributed by atoms with van der Waals surface area (Å²) in [5.74, 6) is -0.874. The highest BCUT2D eigenvalue weighted by Crippen LogP contribution is 2.11. The minimum absolute atomic E-state index is 0.00328. The van der Waals surface area contributed by atoms with Crippen LogP contribution in [0.3, 0.4) is 0 Å². The van der Waals surface area contributed by atoms with Crippen LogP contribution in [0.5, 0.6) is 0 Å². The number of hydrogen-bond donors (Lipinski definition) is 2. The van der Waals surface area contributed by atoms with Crippen LogP contribution in [-0.4, -0.2) is 43.9 Å². The number of rotatable bonds is 20. The summed E-state index contributed by atoms with van der Waals surface area (Å²) in [6, 6.07) is 0. The van der Waals surface area contributed by atoms with Gasteiger partial charge in [0.2, 0.25) is 0 Å². The normalized spacial score (nSPS) is 13.1. The topological polar surface area (TPSA) is 110 Å². The van der Waals surface area contributed by atoms with Crippen LogP contribution in [0.2, 0.25) is 0 Å². The Hall–Kier alpha value is -0.960. The molecule has 0 rings (SSSR count). The first kappa shape index (κ1) is 28.0. The summed E-state index contributed by atoms with van der Waals surface area (Å²) in [4.78, 5) is 11.5. The summed E-state index contributed by atoms with van der Waals surface area (Å²) in [5.41, 5.74) is 0. The predicted molar refractivity (Wildman–Crippen MR) is 114 cm³/mol. The van der Waals surface area contributed by atoms with Crippen LogP contribution in [0.15, 0.2) is 12.2 Å². The van der Waals surface area contributed by atoms with E-state index in [9.17, 15) is 13.2 Å². The van der Waals surface area contributed by atoms with Crippen molar-refractivity contribution < 1.29 is 31.8 Å². The van der Waals surface area contributed by atoms with Gasteiger partial charge in [-0.3, -0.25) is 4.79 Å². The second-order valence-electron chi connectivity index (χ2n) is 7.32. The number of allylic oxidation sites excluding steroid dienone is 2. The first-order valence-corrected chi connectivity index (χ1v) is 12.3. The molecule has 0 aromatic carbocycles. The fourth-order valence-corrected chi connectivity index (χ4v) is 3.42. The molecule has 7 nitrogen and oxygen atoms in total. The lowest BCUT2D eigenvalue weighted by Crippen LogP contribution is -2.24. The zero-order valence-electron chi connectivity index (χ0n) is 17.9. The van der Waals surface area contributed by atoms with Crippen LogP contribution < -0.4 is 0 Å². The van der Waals surface area contributed by atoms with Crippen molar-refractivity contribution in [2.24, 2.45) is 0 Å². The third kappa shape index (κ3) is 20.1. The highest BCUT2D eigenvalue weighted by Gasteiger charge is 2.19. The molecule has 0 heterocycles. The third-order valence-corrected chi connectivity index (χ3v) is 5.27. The van der Waals surface area contributed by atoms with Gasteiger partial charge in [-0.15, -0.1) is 0 Å². The van der Waals surface area contributed by atoms with Gasteiger partial charge < -0.3 is 14.4 Å². The lowest BCUT2D eigenvalue weighted by Gasteiger charge is -2.08. The monoisotopic (exact) mass is 436 g/mol. The maximum Gasteiger partial charge on any atom is 0.451 e. The standard InChI is InChI=1S/C21H40O7S/c1-2-3-4-5-6-7-8-9-10-11-12-13-14-15-16-17-21(24)28-29(25,26)27-19-20(23)18-22/h9-10,20,22-23H,2-8,11-19H2,1H3/b10-9-. The predicted octanol–water partition coefficient (Wildman–Crippen LogP) is 4.18. The minimum atomic E-state index is -4.48. The first-order chi connectivity index (χ1) is 13.9. The maximum atomic E-state index is 11.5. The van der Waals surface area contributed by atoms with Crippen LogP contribution in [0.4, 0.5) is 0 Å². The Bertz CT molecular complexity index is 517. The summed E-state index contributed by atoms with van der Waals surface area (Å²) in [7, 11) is -4.48. The van der Waals surface area contributed by atoms with Gasteiger partial charge in [0.25, 0.3) is 0 Å². The van der Waals surface area contributed by atoms with E-state index in [4.69, 9.17) is 10.2 Å². The number of carbonyl (C=O) groups is 1. The molecule has 1 unspecified atom stereocenters. The Labute approximate surface area is 176 Å². The number of aliphatic hydroxyl groups is 2. The van der Waals surface area contributed by atoms with Gasteiger partial charge in [-0.2, -0.15) is 8.42 Å². The molecule has 1 atom stereocenters. The maximum absolute atomic E-state index is 11.5. The van der Waals surface area contributed by atoms with Crippen molar-refractivity contribution >= 4 is 16.4 Å². The fourth-order valence-electron chi connectivity index (χ4n) is 2.73. The summed E-state index contributed by atoms with van der Waals surface area (Å²) in [6.07, 6.45) is 18.0. The van der Waals surface area contributed by atoms with Crippen molar-refractivity contribution in [3.63, 3.8) is 0 Å². The molecule has 0 spiro atoms. The molecule has 0 aromatic heterocycles. The third-order valence-electron chi connectivity index (χ3n) is 4.45. The summed E-state index contributed by atoms with van der Waals surface area (Å²) >= 11 is 0. The molecule has 8 heteroatoms. The Morgan fingerprint density at radius 2 is 1.41 bits per heavy atom. The van der Waals surface area contributed by atoms with Gasteiger partial charge in [-0.25, -0.2) is 4.18 Å². The number of aliphatic hydroxyl groups excluding tert-OH is 2. The molecule has 0 aliphatic carbocycles. The van der Waals surface area contributed by atoms with Crippen molar-refractivity contribution in [1.29, 1.82) is 0 Å². The van der Waals surface area contributed by atoms with E-state index >= 15 is 0 Å². The van der Waals surface area contributed by atoms with Gasteiger partial charge in [0.1, 0.15) is 6.10 Å². The van der Waals surface area contributed by atoms with Gasteiger partial charge in [-0.05, 0) is 32.1 Å². The number of unbranched alkanes of at least 4 members (excludes halogenated alkanes) is 11. The molecule has 0 saturated heterocycles. The SMILES string of the molecule is CCCCCCCC/C=C\CCCCCCCC(=O)OS(=O)(=O)OCC(O)CO. The number of hydrogen-bond acceptors (Lipinski definition) is 7. The average molecular weight is 437 g/mol. The van der Waals surface area contributed by atoms with E-state index in [1.165, 1.54) is 44.9 Å². The van der Waals surface area contributed by atoms with E-state index in [1.807, 2.05) is 0 Å². The van der Waals surface area contributed by atoms with E-state index < -0.39 is 35.7 Å². The van der Waals surface area contributed by atoms with Gasteiger partial charge in [0.15, 0.2) is 0 Å². The fraction of sp³-hybridized carbons (Fsp3) is 0.857. The lowest BCUT2D eigenvalue weighted by molar-refractivity contribution is -0.134. The lowest BCUT2D eigenvalue weighted by atomic mass is 10.1. The van der Waals surface area contributed by atoms with Crippen molar-refractivity contribution in [2.45, 2.75) is 103 Å². The quantitative estimate of drug-likeness (QED) is 0.217. The molecule has 2 N–H and O–H groups in total. The smallest absolute Gasteiger partial charge is 0.394 e. The molecule has 0 fully saturated rings. The van der Waals surface area contributed by atoms with Gasteiger partial charge in [0.05, 0.1) is 13.2 Å². The molecule has 0 radical (unpaired) electrons. The molecule has 0 amide bonds. The van der Waals surface area contributed by atoms with Crippen LogP contribution in [0.25, 0.3) is 0 Å². The molecule has 0 aliphatic heterocycles. The van der Waals surface area contributed by atoms with E-state index in [2.05, 4.69) is 27.4 Å². The Kier molecular flexibility index (Phi) is 18.4. The van der Waals surface area contributed by atoms with Crippen molar-refractivity contribution in [3.05, 3.63) is 12.2 Å². The van der Waals surface area contributed by atoms with Crippen LogP contribution in [0.1, 0.15) is 96.8 Å². The zero-order valence-corrected chi connectivity index (χ0v) is 18.7. The Morgan fingerprint density at radius 1 is 0.897 bits per heavy atom. The van der Waals surface area contributed by atoms with Crippen LogP contribution >= 0.6 is 0 Å². The van der Waals surface area contributed by atoms with E-state index in [1.54, 1.807) is 0 Å². The van der Waals surface area contributed by atoms with E-state index in [0.29, 0.717) is 6.42 Å². The Balaban J connectivity index is 3.51. The number of carbonyl (C=O) groups excluding carboxylic acids is 1. The van der Waals surface area contributed by atoms with E-state index in [-0.39, 0.29) is 6.42 Å². The molecular weight excluding hydrogens is 396 g/mol. The van der Waals surface area contributed by atoms with Crippen molar-refractivity contribution in [2.75, 3.05) is 13.2 Å². The second-order valence-corrected chi connectivity index (χ2v) is 8.54. The summed E-state index contributed by atoms with van der Waals surface area (Å²) in [6.45, 7) is 0.938. The first-order valence-electron chi connectivity index (χ1n) is 11.0. The molecule has 29 heavy (non-hydrogen) atoms. The molecule has 172 valence electrons. The second kappa shape index (κ2) is 19.0. The van der Waals surface area contributed by atoms with Gasteiger partial charge in [-0.1, -0.05) is 70.4 Å². The largest absolute Gasteiger partial charge is 0.451 e. The average Bonchev–Trinajstić information content (AvgIpc) is 2.68. The zero-order chi connectivity index (χ0) is 21.8. The Morgan fingerprint density at radius 3 is 1.97 bits per heavy atom. The van der Waals surface area contributed by atoms with Gasteiger partial charge in [0, 0.05) is 6.42 Å². The highest BCUT2D eigenvalue weighted by molar-refractivity contribution is 7.82. The minimum Gasteiger partial charge on any atom is -0.394 e. The summed E-state index contributed by atoms with van der Waals surface area (Å²) < 4.78 is 31.3. The molecule has 0 bridgehead atoms. The van der Waals surface area contributed by atoms with E-state index in [0.717, 1.165) is 32.1 Å². The van der Waals surface area contributed by atoms with Crippen molar-refractivity contribution in [3.8, 4) is 0 Å². The highest BCUT2D eigenvalue weighted by atomic mass is 32.3. The molecule has 0 aliphatic rings. The van der Waals surface area contributed by atoms with Crippen LogP contribution in [0, 0.1) is 0 Å². The molecule has 0 aromatic rings. The van der Waals surface area contributed by atoms with Crippen LogP contribution in [-0.2, 0) is 23.6 Å². The summed E-state index contributed by atoms with van der Waals surface area (Å²) in [5, 5.41) is 17.6.